The molecule has 0 saturated heterocycles. The van der Waals surface area contributed by atoms with Gasteiger partial charge in [0.25, 0.3) is 0 Å². The fraction of sp³-hybridized carbons (Fsp3) is 0.294. The van der Waals surface area contributed by atoms with E-state index in [0.717, 1.165) is 22.4 Å². The molecule has 1 N–H and O–H groups in total. The van der Waals surface area contributed by atoms with Crippen molar-refractivity contribution in [2.24, 2.45) is 0 Å². The molecule has 0 fully saturated rings. The molecule has 2 aromatic carbocycles. The van der Waals surface area contributed by atoms with E-state index < -0.39 is 6.10 Å². The van der Waals surface area contributed by atoms with Crippen molar-refractivity contribution in [1.29, 1.82) is 0 Å². The summed E-state index contributed by atoms with van der Waals surface area (Å²) >= 11 is 0. The van der Waals surface area contributed by atoms with E-state index in [1.807, 2.05) is 48.5 Å². The molecule has 0 heterocycles. The van der Waals surface area contributed by atoms with E-state index in [2.05, 4.69) is 0 Å². The molecule has 106 valence electrons. The molecule has 0 aliphatic heterocycles. The molecule has 20 heavy (non-hydrogen) atoms. The standard InChI is InChI=1S/C17H20O3/c1-13(18)15-8-9-17(19-2)16(10-15)12-20-11-14-6-4-3-5-7-14/h3-10,13,18H,11-12H2,1-2H3. The van der Waals surface area contributed by atoms with Gasteiger partial charge in [0.1, 0.15) is 5.75 Å². The number of rotatable bonds is 6. The molecule has 1 atom stereocenters. The maximum absolute atomic E-state index is 9.63. The minimum absolute atomic E-state index is 0.457. The number of methoxy groups -OCH3 is 1. The predicted molar refractivity (Wildman–Crippen MR) is 78.6 cm³/mol. The summed E-state index contributed by atoms with van der Waals surface area (Å²) in [7, 11) is 1.64. The van der Waals surface area contributed by atoms with Crippen LogP contribution in [0.15, 0.2) is 48.5 Å². The van der Waals surface area contributed by atoms with Gasteiger partial charge in [0, 0.05) is 5.56 Å². The highest BCUT2D eigenvalue weighted by Crippen LogP contribution is 2.24. The zero-order valence-electron chi connectivity index (χ0n) is 11.9. The van der Waals surface area contributed by atoms with Gasteiger partial charge in [0.15, 0.2) is 0 Å². The lowest BCUT2D eigenvalue weighted by molar-refractivity contribution is 0.105. The summed E-state index contributed by atoms with van der Waals surface area (Å²) in [4.78, 5) is 0. The molecular formula is C17H20O3. The van der Waals surface area contributed by atoms with Crippen molar-refractivity contribution in [2.45, 2.75) is 26.2 Å². The van der Waals surface area contributed by atoms with Crippen LogP contribution >= 0.6 is 0 Å². The minimum Gasteiger partial charge on any atom is -0.496 e. The molecule has 3 nitrogen and oxygen atoms in total. The number of aliphatic hydroxyl groups excluding tert-OH is 1. The first-order chi connectivity index (χ1) is 9.70. The molecule has 0 radical (unpaired) electrons. The van der Waals surface area contributed by atoms with Crippen LogP contribution in [0.4, 0.5) is 0 Å². The van der Waals surface area contributed by atoms with Crippen molar-refractivity contribution >= 4 is 0 Å². The van der Waals surface area contributed by atoms with Gasteiger partial charge in [-0.2, -0.15) is 0 Å². The monoisotopic (exact) mass is 272 g/mol. The molecule has 0 aromatic heterocycles. The van der Waals surface area contributed by atoms with Crippen LogP contribution in [-0.4, -0.2) is 12.2 Å². The van der Waals surface area contributed by atoms with Crippen molar-refractivity contribution in [1.82, 2.24) is 0 Å². The molecule has 0 amide bonds. The summed E-state index contributed by atoms with van der Waals surface area (Å²) < 4.78 is 11.0. The molecule has 0 aliphatic carbocycles. The molecule has 0 saturated carbocycles. The zero-order chi connectivity index (χ0) is 14.4. The van der Waals surface area contributed by atoms with Crippen molar-refractivity contribution in [2.75, 3.05) is 7.11 Å². The minimum atomic E-state index is -0.492. The molecule has 0 bridgehead atoms. The number of aliphatic hydroxyl groups is 1. The Balaban J connectivity index is 2.02. The van der Waals surface area contributed by atoms with E-state index in [0.29, 0.717) is 13.2 Å². The van der Waals surface area contributed by atoms with E-state index in [1.54, 1.807) is 14.0 Å². The average Bonchev–Trinajstić information content (AvgIpc) is 2.48. The van der Waals surface area contributed by atoms with Crippen molar-refractivity contribution in [3.05, 3.63) is 65.2 Å². The molecular weight excluding hydrogens is 252 g/mol. The Bertz CT molecular complexity index is 535. The van der Waals surface area contributed by atoms with Gasteiger partial charge in [0.2, 0.25) is 0 Å². The second-order valence-electron chi connectivity index (χ2n) is 4.73. The Hall–Kier alpha value is -1.84. The zero-order valence-corrected chi connectivity index (χ0v) is 11.9. The Morgan fingerprint density at radius 2 is 1.80 bits per heavy atom. The third-order valence-electron chi connectivity index (χ3n) is 3.16. The normalized spacial score (nSPS) is 12.2. The van der Waals surface area contributed by atoms with Crippen LogP contribution in [0, 0.1) is 0 Å². The summed E-state index contributed by atoms with van der Waals surface area (Å²) in [6.45, 7) is 2.76. The van der Waals surface area contributed by atoms with Gasteiger partial charge in [-0.1, -0.05) is 36.4 Å². The second-order valence-corrected chi connectivity index (χ2v) is 4.73. The van der Waals surface area contributed by atoms with Crippen LogP contribution in [0.25, 0.3) is 0 Å². The topological polar surface area (TPSA) is 38.7 Å². The smallest absolute Gasteiger partial charge is 0.124 e. The number of hydrogen-bond donors (Lipinski definition) is 1. The number of hydrogen-bond acceptors (Lipinski definition) is 3. The Morgan fingerprint density at radius 3 is 2.45 bits per heavy atom. The highest BCUT2D eigenvalue weighted by Gasteiger charge is 2.08. The van der Waals surface area contributed by atoms with Gasteiger partial charge in [0.05, 0.1) is 26.4 Å². The van der Waals surface area contributed by atoms with Crippen LogP contribution < -0.4 is 4.74 Å². The van der Waals surface area contributed by atoms with Crippen molar-refractivity contribution in [3.8, 4) is 5.75 Å². The van der Waals surface area contributed by atoms with Gasteiger partial charge < -0.3 is 14.6 Å². The molecule has 1 unspecified atom stereocenters. The van der Waals surface area contributed by atoms with Gasteiger partial charge in [-0.05, 0) is 30.2 Å². The van der Waals surface area contributed by atoms with Crippen LogP contribution in [0.2, 0.25) is 0 Å². The quantitative estimate of drug-likeness (QED) is 0.875. The lowest BCUT2D eigenvalue weighted by atomic mass is 10.1. The molecule has 2 rings (SSSR count). The highest BCUT2D eigenvalue weighted by atomic mass is 16.5. The van der Waals surface area contributed by atoms with Crippen LogP contribution in [0.5, 0.6) is 5.75 Å². The van der Waals surface area contributed by atoms with Gasteiger partial charge in [-0.3, -0.25) is 0 Å². The fourth-order valence-electron chi connectivity index (χ4n) is 2.02. The molecule has 3 heteroatoms. The number of ether oxygens (including phenoxy) is 2. The number of benzene rings is 2. The average molecular weight is 272 g/mol. The van der Waals surface area contributed by atoms with Crippen LogP contribution in [0.1, 0.15) is 29.7 Å². The van der Waals surface area contributed by atoms with E-state index in [9.17, 15) is 5.11 Å². The molecule has 0 aliphatic rings. The molecule has 0 spiro atoms. The summed E-state index contributed by atoms with van der Waals surface area (Å²) in [6, 6.07) is 15.7. The second kappa shape index (κ2) is 7.08. The maximum Gasteiger partial charge on any atom is 0.124 e. The maximum atomic E-state index is 9.63. The first-order valence-electron chi connectivity index (χ1n) is 6.67. The SMILES string of the molecule is COc1ccc(C(C)O)cc1COCc1ccccc1. The Labute approximate surface area is 119 Å². The highest BCUT2D eigenvalue weighted by molar-refractivity contribution is 5.37. The summed E-state index contributed by atoms with van der Waals surface area (Å²) in [5.74, 6) is 0.780. The third kappa shape index (κ3) is 3.83. The lowest BCUT2D eigenvalue weighted by Crippen LogP contribution is -2.00. The van der Waals surface area contributed by atoms with E-state index in [4.69, 9.17) is 9.47 Å². The van der Waals surface area contributed by atoms with Crippen molar-refractivity contribution in [3.63, 3.8) is 0 Å². The van der Waals surface area contributed by atoms with Crippen LogP contribution in [0.3, 0.4) is 0 Å². The van der Waals surface area contributed by atoms with Crippen LogP contribution in [-0.2, 0) is 18.0 Å². The van der Waals surface area contributed by atoms with Gasteiger partial charge in [-0.15, -0.1) is 0 Å². The first-order valence-corrected chi connectivity index (χ1v) is 6.67. The fourth-order valence-corrected chi connectivity index (χ4v) is 2.02. The first kappa shape index (κ1) is 14.6. The van der Waals surface area contributed by atoms with Gasteiger partial charge >= 0.3 is 0 Å². The van der Waals surface area contributed by atoms with E-state index in [1.165, 1.54) is 0 Å². The predicted octanol–water partition coefficient (Wildman–Crippen LogP) is 3.47. The van der Waals surface area contributed by atoms with Crippen molar-refractivity contribution < 1.29 is 14.6 Å². The van der Waals surface area contributed by atoms with E-state index in [-0.39, 0.29) is 0 Å². The van der Waals surface area contributed by atoms with Gasteiger partial charge in [-0.25, -0.2) is 0 Å². The largest absolute Gasteiger partial charge is 0.496 e. The lowest BCUT2D eigenvalue weighted by Gasteiger charge is -2.12. The Kier molecular flexibility index (Phi) is 5.16. The summed E-state index contributed by atoms with van der Waals surface area (Å²) in [5.41, 5.74) is 2.95. The van der Waals surface area contributed by atoms with E-state index >= 15 is 0 Å². The summed E-state index contributed by atoms with van der Waals surface area (Å²) in [5, 5.41) is 9.63. The third-order valence-corrected chi connectivity index (χ3v) is 3.16. The Morgan fingerprint density at radius 1 is 1.05 bits per heavy atom. The molecule has 2 aromatic rings. The summed E-state index contributed by atoms with van der Waals surface area (Å²) in [6.07, 6.45) is -0.492.